The van der Waals surface area contributed by atoms with E-state index in [0.717, 1.165) is 18.9 Å². The highest BCUT2D eigenvalue weighted by Crippen LogP contribution is 2.34. The molecule has 0 amide bonds. The third kappa shape index (κ3) is 2.73. The van der Waals surface area contributed by atoms with Crippen LogP contribution in [0.1, 0.15) is 45.2 Å². The number of nitrogens with zero attached hydrogens (tertiary/aromatic N) is 2. The van der Waals surface area contributed by atoms with Crippen molar-refractivity contribution in [1.82, 2.24) is 9.88 Å². The second kappa shape index (κ2) is 5.81. The summed E-state index contributed by atoms with van der Waals surface area (Å²) in [6.45, 7) is 7.97. The van der Waals surface area contributed by atoms with Gasteiger partial charge < -0.3 is 5.73 Å². The summed E-state index contributed by atoms with van der Waals surface area (Å²) in [4.78, 5) is 6.69. The lowest BCUT2D eigenvalue weighted by Gasteiger charge is -2.35. The second-order valence-electron chi connectivity index (χ2n) is 5.68. The van der Waals surface area contributed by atoms with Gasteiger partial charge in [-0.05, 0) is 43.4 Å². The van der Waals surface area contributed by atoms with Crippen LogP contribution >= 0.6 is 0 Å². The molecule has 4 atom stereocenters. The highest BCUT2D eigenvalue weighted by molar-refractivity contribution is 5.18. The molecule has 0 spiro atoms. The molecule has 1 aliphatic rings. The third-order valence-corrected chi connectivity index (χ3v) is 4.11. The van der Waals surface area contributed by atoms with Crippen LogP contribution in [0.5, 0.6) is 0 Å². The molecule has 2 rings (SSSR count). The smallest absolute Gasteiger partial charge is 0.0503 e. The number of pyridine rings is 1. The van der Waals surface area contributed by atoms with Gasteiger partial charge in [0, 0.05) is 31.0 Å². The lowest BCUT2D eigenvalue weighted by molar-refractivity contribution is 0.160. The van der Waals surface area contributed by atoms with Gasteiger partial charge in [0.25, 0.3) is 0 Å². The first-order valence-electron chi connectivity index (χ1n) is 7.04. The van der Waals surface area contributed by atoms with Gasteiger partial charge in [0.2, 0.25) is 0 Å². The van der Waals surface area contributed by atoms with Gasteiger partial charge in [0.15, 0.2) is 0 Å². The van der Waals surface area contributed by atoms with Crippen LogP contribution in [-0.2, 0) is 0 Å². The van der Waals surface area contributed by atoms with Crippen molar-refractivity contribution in [3.8, 4) is 0 Å². The summed E-state index contributed by atoms with van der Waals surface area (Å²) < 4.78 is 0. The maximum absolute atomic E-state index is 6.37. The molecule has 3 nitrogen and oxygen atoms in total. The monoisotopic (exact) mass is 247 g/mol. The summed E-state index contributed by atoms with van der Waals surface area (Å²) in [5.74, 6) is 0.772. The Labute approximate surface area is 110 Å². The predicted octanol–water partition coefficient (Wildman–Crippen LogP) is 2.59. The van der Waals surface area contributed by atoms with Gasteiger partial charge >= 0.3 is 0 Å². The average molecular weight is 247 g/mol. The summed E-state index contributed by atoms with van der Waals surface area (Å²) >= 11 is 0. The Balaban J connectivity index is 2.26. The van der Waals surface area contributed by atoms with E-state index in [4.69, 9.17) is 5.73 Å². The summed E-state index contributed by atoms with van der Waals surface area (Å²) in [5, 5.41) is 0. The highest BCUT2D eigenvalue weighted by atomic mass is 15.2. The SMILES string of the molecule is CCC(N)C(c1ccncc1)N1CC(C)CC1C. The zero-order chi connectivity index (χ0) is 13.1. The summed E-state index contributed by atoms with van der Waals surface area (Å²) in [6.07, 6.45) is 6.02. The molecular formula is C15H25N3. The Bertz CT molecular complexity index is 365. The minimum Gasteiger partial charge on any atom is -0.326 e. The Hall–Kier alpha value is -0.930. The average Bonchev–Trinajstić information content (AvgIpc) is 2.70. The van der Waals surface area contributed by atoms with E-state index in [-0.39, 0.29) is 6.04 Å². The van der Waals surface area contributed by atoms with Crippen molar-refractivity contribution in [2.45, 2.75) is 51.7 Å². The molecule has 1 fully saturated rings. The van der Waals surface area contributed by atoms with Crippen LogP contribution in [0.4, 0.5) is 0 Å². The Morgan fingerprint density at radius 1 is 1.39 bits per heavy atom. The molecule has 100 valence electrons. The molecule has 1 saturated heterocycles. The number of likely N-dealkylation sites (tertiary alicyclic amines) is 1. The van der Waals surface area contributed by atoms with Gasteiger partial charge in [-0.15, -0.1) is 0 Å². The molecule has 4 unspecified atom stereocenters. The molecule has 3 heteroatoms. The van der Waals surface area contributed by atoms with Gasteiger partial charge in [-0.3, -0.25) is 9.88 Å². The van der Waals surface area contributed by atoms with Gasteiger partial charge in [0.05, 0.1) is 6.04 Å². The Morgan fingerprint density at radius 3 is 2.56 bits per heavy atom. The fourth-order valence-electron chi connectivity index (χ4n) is 3.19. The van der Waals surface area contributed by atoms with E-state index in [9.17, 15) is 0 Å². The number of hydrogen-bond acceptors (Lipinski definition) is 3. The van der Waals surface area contributed by atoms with E-state index in [0.29, 0.717) is 12.1 Å². The van der Waals surface area contributed by atoms with E-state index in [1.54, 1.807) is 0 Å². The zero-order valence-electron chi connectivity index (χ0n) is 11.7. The van der Waals surface area contributed by atoms with Crippen LogP contribution in [0.25, 0.3) is 0 Å². The van der Waals surface area contributed by atoms with Crippen molar-refractivity contribution in [3.63, 3.8) is 0 Å². The minimum absolute atomic E-state index is 0.195. The van der Waals surface area contributed by atoms with Gasteiger partial charge in [-0.25, -0.2) is 0 Å². The largest absolute Gasteiger partial charge is 0.326 e. The predicted molar refractivity (Wildman–Crippen MR) is 75.2 cm³/mol. The topological polar surface area (TPSA) is 42.1 Å². The Kier molecular flexibility index (Phi) is 4.36. The van der Waals surface area contributed by atoms with Crippen LogP contribution in [0.2, 0.25) is 0 Å². The number of hydrogen-bond donors (Lipinski definition) is 1. The molecule has 0 saturated carbocycles. The van der Waals surface area contributed by atoms with Crippen molar-refractivity contribution in [1.29, 1.82) is 0 Å². The van der Waals surface area contributed by atoms with Crippen LogP contribution in [-0.4, -0.2) is 28.5 Å². The van der Waals surface area contributed by atoms with Gasteiger partial charge in [-0.2, -0.15) is 0 Å². The van der Waals surface area contributed by atoms with E-state index in [2.05, 4.69) is 42.8 Å². The number of aromatic nitrogens is 1. The maximum atomic E-state index is 6.37. The molecule has 0 bridgehead atoms. The van der Waals surface area contributed by atoms with Crippen molar-refractivity contribution in [2.24, 2.45) is 11.7 Å². The van der Waals surface area contributed by atoms with Crippen molar-refractivity contribution in [3.05, 3.63) is 30.1 Å². The van der Waals surface area contributed by atoms with Gasteiger partial charge in [0.1, 0.15) is 0 Å². The molecule has 18 heavy (non-hydrogen) atoms. The van der Waals surface area contributed by atoms with Crippen molar-refractivity contribution in [2.75, 3.05) is 6.54 Å². The Morgan fingerprint density at radius 2 is 2.06 bits per heavy atom. The lowest BCUT2D eigenvalue weighted by Crippen LogP contribution is -2.42. The standard InChI is InChI=1S/C15H25N3/c1-4-14(16)15(13-5-7-17-8-6-13)18-10-11(2)9-12(18)3/h5-8,11-12,14-15H,4,9-10,16H2,1-3H3. The first kappa shape index (κ1) is 13.5. The van der Waals surface area contributed by atoms with Crippen LogP contribution in [0, 0.1) is 5.92 Å². The van der Waals surface area contributed by atoms with Gasteiger partial charge in [-0.1, -0.05) is 13.8 Å². The summed E-state index contributed by atoms with van der Waals surface area (Å²) in [5.41, 5.74) is 7.68. The third-order valence-electron chi connectivity index (χ3n) is 4.11. The first-order valence-corrected chi connectivity index (χ1v) is 7.04. The molecule has 2 heterocycles. The fourth-order valence-corrected chi connectivity index (χ4v) is 3.19. The lowest BCUT2D eigenvalue weighted by atomic mass is 9.96. The summed E-state index contributed by atoms with van der Waals surface area (Å²) in [7, 11) is 0. The van der Waals surface area contributed by atoms with Crippen molar-refractivity contribution < 1.29 is 0 Å². The molecule has 0 radical (unpaired) electrons. The molecular weight excluding hydrogens is 222 g/mol. The first-order chi connectivity index (χ1) is 8.63. The van der Waals surface area contributed by atoms with E-state index >= 15 is 0 Å². The van der Waals surface area contributed by atoms with E-state index in [1.807, 2.05) is 12.4 Å². The zero-order valence-corrected chi connectivity index (χ0v) is 11.7. The normalized spacial score (nSPS) is 28.2. The summed E-state index contributed by atoms with van der Waals surface area (Å²) in [6, 6.07) is 5.36. The molecule has 1 aromatic rings. The van der Waals surface area contributed by atoms with Crippen LogP contribution in [0.3, 0.4) is 0 Å². The highest BCUT2D eigenvalue weighted by Gasteiger charge is 2.34. The molecule has 1 aromatic heterocycles. The fraction of sp³-hybridized carbons (Fsp3) is 0.667. The molecule has 0 aliphatic carbocycles. The molecule has 1 aliphatic heterocycles. The van der Waals surface area contributed by atoms with Crippen LogP contribution in [0.15, 0.2) is 24.5 Å². The molecule has 0 aromatic carbocycles. The minimum atomic E-state index is 0.195. The quantitative estimate of drug-likeness (QED) is 0.889. The van der Waals surface area contributed by atoms with E-state index in [1.165, 1.54) is 12.0 Å². The van der Waals surface area contributed by atoms with E-state index < -0.39 is 0 Å². The van der Waals surface area contributed by atoms with Crippen molar-refractivity contribution >= 4 is 0 Å². The maximum Gasteiger partial charge on any atom is 0.0503 e. The number of rotatable bonds is 4. The molecule has 2 N–H and O–H groups in total. The number of nitrogens with two attached hydrogens (primary N) is 1. The second-order valence-corrected chi connectivity index (χ2v) is 5.68. The van der Waals surface area contributed by atoms with Crippen LogP contribution < -0.4 is 5.73 Å².